The molecule has 0 saturated heterocycles. The Balaban J connectivity index is 2.25. The van der Waals surface area contributed by atoms with Crippen LogP contribution in [0.2, 0.25) is 0 Å². The van der Waals surface area contributed by atoms with Crippen LogP contribution >= 0.6 is 0 Å². The van der Waals surface area contributed by atoms with Crippen LogP contribution in [0.4, 0.5) is 0 Å². The van der Waals surface area contributed by atoms with E-state index in [0.29, 0.717) is 23.6 Å². The molecule has 1 atom stereocenters. The maximum absolute atomic E-state index is 11.0. The molecule has 1 aromatic heterocycles. The summed E-state index contributed by atoms with van der Waals surface area (Å²) < 4.78 is 12.1. The van der Waals surface area contributed by atoms with Crippen LogP contribution in [-0.4, -0.2) is 23.9 Å². The van der Waals surface area contributed by atoms with Crippen molar-refractivity contribution in [3.05, 3.63) is 58.5 Å². The van der Waals surface area contributed by atoms with Crippen molar-refractivity contribution in [3.63, 3.8) is 0 Å². The second-order valence-corrected chi connectivity index (χ2v) is 4.35. The fraction of sp³-hybridized carbons (Fsp3) is 0.267. The molecule has 0 spiro atoms. The number of rotatable bonds is 5. The first-order chi connectivity index (χ1) is 9.63. The van der Waals surface area contributed by atoms with Gasteiger partial charge in [-0.3, -0.25) is 4.79 Å². The van der Waals surface area contributed by atoms with Gasteiger partial charge in [0.1, 0.15) is 17.6 Å². The van der Waals surface area contributed by atoms with Crippen LogP contribution in [0.5, 0.6) is 11.5 Å². The predicted molar refractivity (Wildman–Crippen MR) is 75.2 cm³/mol. The lowest BCUT2D eigenvalue weighted by Gasteiger charge is -2.17. The number of aromatic nitrogens is 1. The lowest BCUT2D eigenvalue weighted by atomic mass is 10.1. The van der Waals surface area contributed by atoms with Gasteiger partial charge < -0.3 is 19.1 Å². The number of aliphatic hydroxyl groups is 1. The van der Waals surface area contributed by atoms with Gasteiger partial charge in [0.2, 0.25) is 0 Å². The van der Waals surface area contributed by atoms with Gasteiger partial charge in [-0.05, 0) is 18.2 Å². The predicted octanol–water partition coefficient (Wildman–Crippen LogP) is 1.60. The highest BCUT2D eigenvalue weighted by atomic mass is 16.5. The lowest BCUT2D eigenvalue weighted by molar-refractivity contribution is 0.152. The molecule has 0 aliphatic carbocycles. The molecular weight excluding hydrogens is 258 g/mol. The van der Waals surface area contributed by atoms with Gasteiger partial charge in [-0.2, -0.15) is 0 Å². The van der Waals surface area contributed by atoms with Crippen molar-refractivity contribution in [2.75, 3.05) is 14.2 Å². The van der Waals surface area contributed by atoms with E-state index in [1.807, 2.05) is 0 Å². The smallest absolute Gasteiger partial charge is 0.181 e. The van der Waals surface area contributed by atoms with Gasteiger partial charge in [0, 0.05) is 30.1 Å². The van der Waals surface area contributed by atoms with E-state index in [1.54, 1.807) is 49.4 Å². The molecule has 0 radical (unpaired) electrons. The van der Waals surface area contributed by atoms with E-state index >= 15 is 0 Å². The van der Waals surface area contributed by atoms with Crippen molar-refractivity contribution >= 4 is 0 Å². The summed E-state index contributed by atoms with van der Waals surface area (Å²) in [6.07, 6.45) is 2.51. The first kappa shape index (κ1) is 14.1. The standard InChI is InChI=1S/C15H17NO4/c1-19-12-3-4-15(20-2)13(9-12)14(18)10-16-7-5-11(17)6-8-16/h3-9,14,18H,10H2,1-2H3. The first-order valence-electron chi connectivity index (χ1n) is 6.20. The van der Waals surface area contributed by atoms with Crippen molar-refractivity contribution in [3.8, 4) is 11.5 Å². The molecule has 1 heterocycles. The van der Waals surface area contributed by atoms with Gasteiger partial charge in [-0.15, -0.1) is 0 Å². The third kappa shape index (κ3) is 3.19. The Morgan fingerprint density at radius 3 is 2.45 bits per heavy atom. The summed E-state index contributed by atoms with van der Waals surface area (Å²) in [5, 5.41) is 10.3. The third-order valence-corrected chi connectivity index (χ3v) is 3.04. The molecule has 1 unspecified atom stereocenters. The van der Waals surface area contributed by atoms with Crippen LogP contribution in [-0.2, 0) is 6.54 Å². The number of hydrogen-bond donors (Lipinski definition) is 1. The number of pyridine rings is 1. The Bertz CT molecular complexity index is 616. The topological polar surface area (TPSA) is 60.7 Å². The summed E-state index contributed by atoms with van der Waals surface area (Å²) in [6.45, 7) is 0.323. The van der Waals surface area contributed by atoms with Gasteiger partial charge in [0.05, 0.1) is 20.8 Å². The van der Waals surface area contributed by atoms with Crippen LogP contribution in [0.1, 0.15) is 11.7 Å². The number of hydrogen-bond acceptors (Lipinski definition) is 4. The molecule has 5 nitrogen and oxygen atoms in total. The normalized spacial score (nSPS) is 11.9. The molecule has 0 bridgehead atoms. The van der Waals surface area contributed by atoms with Crippen LogP contribution < -0.4 is 14.9 Å². The molecule has 106 valence electrons. The lowest BCUT2D eigenvalue weighted by Crippen LogP contribution is -2.11. The Kier molecular flexibility index (Phi) is 4.42. The van der Waals surface area contributed by atoms with Gasteiger partial charge >= 0.3 is 0 Å². The molecule has 0 saturated carbocycles. The van der Waals surface area contributed by atoms with Crippen LogP contribution in [0.25, 0.3) is 0 Å². The zero-order valence-electron chi connectivity index (χ0n) is 11.4. The molecule has 2 rings (SSSR count). The fourth-order valence-electron chi connectivity index (χ4n) is 1.96. The van der Waals surface area contributed by atoms with Crippen LogP contribution in [0, 0.1) is 0 Å². The number of nitrogens with zero attached hydrogens (tertiary/aromatic N) is 1. The molecule has 0 fully saturated rings. The van der Waals surface area contributed by atoms with Gasteiger partial charge in [-0.1, -0.05) is 0 Å². The van der Waals surface area contributed by atoms with E-state index in [-0.39, 0.29) is 5.43 Å². The van der Waals surface area contributed by atoms with Crippen molar-refractivity contribution in [2.45, 2.75) is 12.6 Å². The maximum Gasteiger partial charge on any atom is 0.181 e. The Morgan fingerprint density at radius 2 is 1.85 bits per heavy atom. The van der Waals surface area contributed by atoms with Crippen molar-refractivity contribution in [1.29, 1.82) is 0 Å². The number of methoxy groups -OCH3 is 2. The summed E-state index contributed by atoms with van der Waals surface area (Å²) in [5.74, 6) is 1.25. The highest BCUT2D eigenvalue weighted by Gasteiger charge is 2.14. The molecule has 20 heavy (non-hydrogen) atoms. The Morgan fingerprint density at radius 1 is 1.15 bits per heavy atom. The zero-order valence-corrected chi connectivity index (χ0v) is 11.4. The highest BCUT2D eigenvalue weighted by molar-refractivity contribution is 5.41. The van der Waals surface area contributed by atoms with E-state index in [2.05, 4.69) is 0 Å². The zero-order chi connectivity index (χ0) is 14.5. The molecule has 0 aliphatic rings. The summed E-state index contributed by atoms with van der Waals surface area (Å²) in [5.41, 5.74) is 0.584. The minimum atomic E-state index is -0.762. The number of ether oxygens (including phenoxy) is 2. The van der Waals surface area contributed by atoms with Gasteiger partial charge in [0.15, 0.2) is 5.43 Å². The molecular formula is C15H17NO4. The monoisotopic (exact) mass is 275 g/mol. The molecule has 1 aromatic carbocycles. The molecule has 1 N–H and O–H groups in total. The second kappa shape index (κ2) is 6.25. The van der Waals surface area contributed by atoms with E-state index in [9.17, 15) is 9.90 Å². The number of aliphatic hydroxyl groups excluding tert-OH is 1. The SMILES string of the molecule is COc1ccc(OC)c(C(O)Cn2ccc(=O)cc2)c1. The summed E-state index contributed by atoms with van der Waals surface area (Å²) in [4.78, 5) is 11.0. The minimum absolute atomic E-state index is 0.0605. The number of benzene rings is 1. The van der Waals surface area contributed by atoms with Crippen LogP contribution in [0.15, 0.2) is 47.5 Å². The first-order valence-corrected chi connectivity index (χ1v) is 6.20. The van der Waals surface area contributed by atoms with E-state index in [0.717, 1.165) is 0 Å². The highest BCUT2D eigenvalue weighted by Crippen LogP contribution is 2.30. The average Bonchev–Trinajstić information content (AvgIpc) is 2.48. The Labute approximate surface area is 117 Å². The summed E-state index contributed by atoms with van der Waals surface area (Å²) >= 11 is 0. The van der Waals surface area contributed by atoms with Crippen molar-refractivity contribution < 1.29 is 14.6 Å². The van der Waals surface area contributed by atoms with E-state index in [1.165, 1.54) is 12.1 Å². The van der Waals surface area contributed by atoms with E-state index < -0.39 is 6.10 Å². The molecule has 2 aromatic rings. The van der Waals surface area contributed by atoms with E-state index in [4.69, 9.17) is 9.47 Å². The third-order valence-electron chi connectivity index (χ3n) is 3.04. The summed E-state index contributed by atoms with van der Waals surface area (Å²) in [6, 6.07) is 8.17. The molecule has 0 aliphatic heterocycles. The fourth-order valence-corrected chi connectivity index (χ4v) is 1.96. The van der Waals surface area contributed by atoms with Gasteiger partial charge in [0.25, 0.3) is 0 Å². The minimum Gasteiger partial charge on any atom is -0.497 e. The Hall–Kier alpha value is -2.27. The van der Waals surface area contributed by atoms with Gasteiger partial charge in [-0.25, -0.2) is 0 Å². The average molecular weight is 275 g/mol. The van der Waals surface area contributed by atoms with Crippen molar-refractivity contribution in [2.24, 2.45) is 0 Å². The maximum atomic E-state index is 11.0. The quantitative estimate of drug-likeness (QED) is 0.900. The molecule has 5 heteroatoms. The summed E-state index contributed by atoms with van der Waals surface area (Å²) in [7, 11) is 3.12. The second-order valence-electron chi connectivity index (χ2n) is 4.35. The molecule has 0 amide bonds. The van der Waals surface area contributed by atoms with Crippen LogP contribution in [0.3, 0.4) is 0 Å². The largest absolute Gasteiger partial charge is 0.497 e. The van der Waals surface area contributed by atoms with Crippen molar-refractivity contribution in [1.82, 2.24) is 4.57 Å².